The Bertz CT molecular complexity index is 573. The summed E-state index contributed by atoms with van der Waals surface area (Å²) in [6.45, 7) is 7.06. The van der Waals surface area contributed by atoms with Crippen molar-refractivity contribution < 1.29 is 8.42 Å². The second-order valence-electron chi connectivity index (χ2n) is 5.91. The monoisotopic (exact) mass is 330 g/mol. The molecule has 0 amide bonds. The summed E-state index contributed by atoms with van der Waals surface area (Å²) < 4.78 is 23.1. The van der Waals surface area contributed by atoms with Gasteiger partial charge >= 0.3 is 0 Å². The van der Waals surface area contributed by atoms with Gasteiger partial charge in [-0.25, -0.2) is 8.42 Å². The van der Waals surface area contributed by atoms with Crippen molar-refractivity contribution in [3.63, 3.8) is 0 Å². The van der Waals surface area contributed by atoms with Gasteiger partial charge < -0.3 is 10.2 Å². The van der Waals surface area contributed by atoms with E-state index in [1.807, 2.05) is 12.1 Å². The van der Waals surface area contributed by atoms with Gasteiger partial charge in [-0.15, -0.1) is 0 Å². The number of anilines is 1. The van der Waals surface area contributed by atoms with Crippen LogP contribution >= 0.6 is 11.6 Å². The Morgan fingerprint density at radius 1 is 1.29 bits per heavy atom. The minimum atomic E-state index is -2.88. The first-order valence-corrected chi connectivity index (χ1v) is 9.52. The van der Waals surface area contributed by atoms with Crippen molar-refractivity contribution in [3.8, 4) is 0 Å². The van der Waals surface area contributed by atoms with Crippen LogP contribution in [0.5, 0.6) is 0 Å². The van der Waals surface area contributed by atoms with Crippen molar-refractivity contribution in [2.75, 3.05) is 36.0 Å². The molecule has 6 heteroatoms. The van der Waals surface area contributed by atoms with Crippen LogP contribution in [0.15, 0.2) is 18.2 Å². The molecule has 1 N–H and O–H groups in total. The number of halogens is 1. The lowest BCUT2D eigenvalue weighted by atomic mass is 10.1. The van der Waals surface area contributed by atoms with Gasteiger partial charge in [0.25, 0.3) is 0 Å². The lowest BCUT2D eigenvalue weighted by Gasteiger charge is -2.31. The molecule has 0 aromatic heterocycles. The van der Waals surface area contributed by atoms with E-state index in [4.69, 9.17) is 11.6 Å². The summed E-state index contributed by atoms with van der Waals surface area (Å²) in [4.78, 5) is 2.09. The molecule has 0 radical (unpaired) electrons. The molecule has 1 heterocycles. The number of hydrogen-bond acceptors (Lipinski definition) is 4. The van der Waals surface area contributed by atoms with Gasteiger partial charge in [0.15, 0.2) is 9.84 Å². The van der Waals surface area contributed by atoms with Gasteiger partial charge in [-0.3, -0.25) is 0 Å². The zero-order valence-electron chi connectivity index (χ0n) is 12.6. The van der Waals surface area contributed by atoms with Gasteiger partial charge in [0.2, 0.25) is 0 Å². The zero-order valence-corrected chi connectivity index (χ0v) is 14.2. The first kappa shape index (κ1) is 16.6. The van der Waals surface area contributed by atoms with Gasteiger partial charge in [0.05, 0.1) is 22.2 Å². The number of para-hydroxylation sites is 1. The summed E-state index contributed by atoms with van der Waals surface area (Å²) >= 11 is 6.36. The van der Waals surface area contributed by atoms with Gasteiger partial charge in [0.1, 0.15) is 0 Å². The maximum Gasteiger partial charge on any atom is 0.153 e. The molecule has 1 aromatic carbocycles. The Hall–Kier alpha value is -0.780. The van der Waals surface area contributed by atoms with Crippen LogP contribution in [0.1, 0.15) is 19.4 Å². The van der Waals surface area contributed by atoms with Crippen LogP contribution in [0.3, 0.4) is 0 Å². The van der Waals surface area contributed by atoms with Gasteiger partial charge in [0, 0.05) is 19.6 Å². The van der Waals surface area contributed by atoms with E-state index in [9.17, 15) is 8.42 Å². The van der Waals surface area contributed by atoms with Crippen molar-refractivity contribution in [2.45, 2.75) is 20.4 Å². The standard InChI is InChI=1S/C15H23ClN2O2S/c1-12(2)10-17-11-13-4-3-5-14(16)15(13)18-6-8-21(19,20)9-7-18/h3-5,12,17H,6-11H2,1-2H3. The van der Waals surface area contributed by atoms with E-state index in [1.165, 1.54) is 0 Å². The Balaban J connectivity index is 2.14. The minimum Gasteiger partial charge on any atom is -0.368 e. The van der Waals surface area contributed by atoms with Crippen molar-refractivity contribution in [2.24, 2.45) is 5.92 Å². The first-order valence-electron chi connectivity index (χ1n) is 7.32. The lowest BCUT2D eigenvalue weighted by Crippen LogP contribution is -2.41. The van der Waals surface area contributed by atoms with E-state index in [0.29, 0.717) is 24.0 Å². The highest BCUT2D eigenvalue weighted by molar-refractivity contribution is 7.91. The molecule has 4 nitrogen and oxygen atoms in total. The number of nitrogens with zero attached hydrogens (tertiary/aromatic N) is 1. The Morgan fingerprint density at radius 3 is 2.57 bits per heavy atom. The maximum atomic E-state index is 11.6. The fourth-order valence-corrected chi connectivity index (χ4v) is 4.00. The quantitative estimate of drug-likeness (QED) is 0.900. The number of nitrogens with one attached hydrogen (secondary N) is 1. The molecule has 0 bridgehead atoms. The Morgan fingerprint density at radius 2 is 1.95 bits per heavy atom. The largest absolute Gasteiger partial charge is 0.368 e. The third-order valence-corrected chi connectivity index (χ3v) is 5.51. The van der Waals surface area contributed by atoms with Crippen LogP contribution in [-0.4, -0.2) is 39.6 Å². The van der Waals surface area contributed by atoms with Crippen molar-refractivity contribution in [1.82, 2.24) is 5.32 Å². The summed E-state index contributed by atoms with van der Waals surface area (Å²) in [5, 5.41) is 4.11. The smallest absolute Gasteiger partial charge is 0.153 e. The molecule has 1 aromatic rings. The molecule has 1 fully saturated rings. The molecule has 2 rings (SSSR count). The zero-order chi connectivity index (χ0) is 15.5. The van der Waals surface area contributed by atoms with E-state index in [1.54, 1.807) is 0 Å². The van der Waals surface area contributed by atoms with Crippen LogP contribution < -0.4 is 10.2 Å². The SMILES string of the molecule is CC(C)CNCc1cccc(Cl)c1N1CCS(=O)(=O)CC1. The number of sulfone groups is 1. The van der Waals surface area contributed by atoms with Crippen LogP contribution in [0.25, 0.3) is 0 Å². The Kier molecular flexibility index (Phi) is 5.52. The highest BCUT2D eigenvalue weighted by Gasteiger charge is 2.24. The average Bonchev–Trinajstić information content (AvgIpc) is 2.39. The Labute approximate surface area is 132 Å². The van der Waals surface area contributed by atoms with Crippen molar-refractivity contribution in [3.05, 3.63) is 28.8 Å². The van der Waals surface area contributed by atoms with E-state index < -0.39 is 9.84 Å². The van der Waals surface area contributed by atoms with Crippen LogP contribution in [0, 0.1) is 5.92 Å². The summed E-state index contributed by atoms with van der Waals surface area (Å²) in [7, 11) is -2.88. The molecule has 1 aliphatic rings. The van der Waals surface area contributed by atoms with Crippen LogP contribution in [0.4, 0.5) is 5.69 Å². The van der Waals surface area contributed by atoms with Crippen LogP contribution in [0.2, 0.25) is 5.02 Å². The van der Waals surface area contributed by atoms with Gasteiger partial charge in [-0.1, -0.05) is 37.6 Å². The van der Waals surface area contributed by atoms with Gasteiger partial charge in [-0.2, -0.15) is 0 Å². The second-order valence-corrected chi connectivity index (χ2v) is 8.62. The predicted molar refractivity (Wildman–Crippen MR) is 88.9 cm³/mol. The number of hydrogen-bond donors (Lipinski definition) is 1. The maximum absolute atomic E-state index is 11.6. The molecule has 1 aliphatic heterocycles. The molecule has 0 aliphatic carbocycles. The van der Waals surface area contributed by atoms with E-state index in [0.717, 1.165) is 24.3 Å². The first-order chi connectivity index (χ1) is 9.89. The van der Waals surface area contributed by atoms with E-state index in [2.05, 4.69) is 30.1 Å². The molecule has 0 saturated carbocycles. The second kappa shape index (κ2) is 6.99. The summed E-state index contributed by atoms with van der Waals surface area (Å²) in [5.41, 5.74) is 2.10. The minimum absolute atomic E-state index is 0.205. The third-order valence-electron chi connectivity index (χ3n) is 3.60. The lowest BCUT2D eigenvalue weighted by molar-refractivity contribution is 0.551. The van der Waals surface area contributed by atoms with Gasteiger partial charge in [-0.05, 0) is 24.1 Å². The highest BCUT2D eigenvalue weighted by Crippen LogP contribution is 2.31. The number of benzene rings is 1. The molecule has 1 saturated heterocycles. The molecule has 0 spiro atoms. The van der Waals surface area contributed by atoms with E-state index >= 15 is 0 Å². The molecule has 21 heavy (non-hydrogen) atoms. The molecular formula is C15H23ClN2O2S. The van der Waals surface area contributed by atoms with Crippen molar-refractivity contribution in [1.29, 1.82) is 0 Å². The fourth-order valence-electron chi connectivity index (χ4n) is 2.49. The molecule has 0 unspecified atom stereocenters. The van der Waals surface area contributed by atoms with Crippen LogP contribution in [-0.2, 0) is 16.4 Å². The molecular weight excluding hydrogens is 308 g/mol. The summed E-state index contributed by atoms with van der Waals surface area (Å²) in [6, 6.07) is 5.86. The molecule has 118 valence electrons. The van der Waals surface area contributed by atoms with Crippen molar-refractivity contribution >= 4 is 27.1 Å². The normalized spacial score (nSPS) is 18.2. The average molecular weight is 331 g/mol. The molecule has 0 atom stereocenters. The fraction of sp³-hybridized carbons (Fsp3) is 0.600. The topological polar surface area (TPSA) is 49.4 Å². The third kappa shape index (κ3) is 4.59. The highest BCUT2D eigenvalue weighted by atomic mass is 35.5. The van der Waals surface area contributed by atoms with E-state index in [-0.39, 0.29) is 11.5 Å². The number of rotatable bonds is 5. The summed E-state index contributed by atoms with van der Waals surface area (Å²) in [5.74, 6) is 1.00. The summed E-state index contributed by atoms with van der Waals surface area (Å²) in [6.07, 6.45) is 0. The predicted octanol–water partition coefficient (Wildman–Crippen LogP) is 2.32.